The average molecular weight is 409 g/mol. The molecule has 7 N–H and O–H groups in total. The van der Waals surface area contributed by atoms with Crippen molar-refractivity contribution in [1.29, 1.82) is 0 Å². The first-order valence-electron chi connectivity index (χ1n) is 9.14. The Bertz CT molecular complexity index is 736. The Morgan fingerprint density at radius 2 is 1.55 bits per heavy atom. The van der Waals surface area contributed by atoms with Crippen molar-refractivity contribution in [1.82, 2.24) is 10.6 Å². The zero-order valence-corrected chi connectivity index (χ0v) is 16.3. The van der Waals surface area contributed by atoms with Crippen molar-refractivity contribution in [2.24, 2.45) is 11.7 Å². The van der Waals surface area contributed by atoms with Crippen LogP contribution in [0.2, 0.25) is 0 Å². The summed E-state index contributed by atoms with van der Waals surface area (Å²) < 4.78 is 0. The Kier molecular flexibility index (Phi) is 9.07. The minimum Gasteiger partial charge on any atom is -0.508 e. The number of rotatable bonds is 11. The van der Waals surface area contributed by atoms with E-state index >= 15 is 0 Å². The molecular formula is C19H27N3O7. The van der Waals surface area contributed by atoms with Gasteiger partial charge >= 0.3 is 11.9 Å². The number of carbonyl (C=O) groups excluding carboxylic acids is 2. The smallest absolute Gasteiger partial charge is 0.326 e. The fourth-order valence-corrected chi connectivity index (χ4v) is 2.50. The van der Waals surface area contributed by atoms with E-state index in [2.05, 4.69) is 10.6 Å². The van der Waals surface area contributed by atoms with Gasteiger partial charge in [-0.25, -0.2) is 4.79 Å². The number of phenols is 1. The topological polar surface area (TPSA) is 179 Å². The quantitative estimate of drug-likeness (QED) is 0.292. The first-order chi connectivity index (χ1) is 13.5. The third-order valence-electron chi connectivity index (χ3n) is 4.56. The van der Waals surface area contributed by atoms with Crippen molar-refractivity contribution in [3.05, 3.63) is 29.8 Å². The van der Waals surface area contributed by atoms with E-state index in [1.165, 1.54) is 12.1 Å². The van der Waals surface area contributed by atoms with Crippen LogP contribution >= 0.6 is 0 Å². The summed E-state index contributed by atoms with van der Waals surface area (Å²) >= 11 is 0. The predicted molar refractivity (Wildman–Crippen MR) is 103 cm³/mol. The van der Waals surface area contributed by atoms with Crippen LogP contribution in [0.3, 0.4) is 0 Å². The molecule has 0 aliphatic rings. The molecule has 0 fully saturated rings. The van der Waals surface area contributed by atoms with Crippen LogP contribution in [0.1, 0.15) is 32.3 Å². The number of nitrogens with two attached hydrogens (primary N) is 1. The molecule has 4 atom stereocenters. The van der Waals surface area contributed by atoms with E-state index in [1.807, 2.05) is 6.92 Å². The predicted octanol–water partition coefficient (Wildman–Crippen LogP) is -0.163. The van der Waals surface area contributed by atoms with Gasteiger partial charge in [0.25, 0.3) is 0 Å². The number of nitrogens with one attached hydrogen (secondary N) is 2. The van der Waals surface area contributed by atoms with Crippen molar-refractivity contribution in [2.45, 2.75) is 51.2 Å². The maximum atomic E-state index is 12.6. The second-order valence-corrected chi connectivity index (χ2v) is 6.84. The van der Waals surface area contributed by atoms with E-state index in [0.29, 0.717) is 12.0 Å². The van der Waals surface area contributed by atoms with Gasteiger partial charge < -0.3 is 31.7 Å². The highest BCUT2D eigenvalue weighted by Crippen LogP contribution is 2.12. The molecule has 0 spiro atoms. The molecule has 10 heteroatoms. The second kappa shape index (κ2) is 11.0. The summed E-state index contributed by atoms with van der Waals surface area (Å²) in [6, 6.07) is 2.19. The molecular weight excluding hydrogens is 382 g/mol. The maximum absolute atomic E-state index is 12.6. The summed E-state index contributed by atoms with van der Waals surface area (Å²) in [4.78, 5) is 47.1. The van der Waals surface area contributed by atoms with Crippen LogP contribution in [0.5, 0.6) is 5.75 Å². The molecule has 1 aromatic carbocycles. The number of carbonyl (C=O) groups is 4. The van der Waals surface area contributed by atoms with Crippen LogP contribution in [0.25, 0.3) is 0 Å². The van der Waals surface area contributed by atoms with Gasteiger partial charge in [-0.2, -0.15) is 0 Å². The minimum absolute atomic E-state index is 0.00943. The SMILES string of the molecule is CC[C@H](C)[C@H](N)C(=O)N[C@@H](Cc1ccc(O)cc1)C(=O)N[C@@H](CC(=O)O)C(=O)O. The number of hydrogen-bond donors (Lipinski definition) is 6. The lowest BCUT2D eigenvalue weighted by atomic mass is 9.98. The van der Waals surface area contributed by atoms with Crippen molar-refractivity contribution < 1.29 is 34.5 Å². The highest BCUT2D eigenvalue weighted by atomic mass is 16.4. The van der Waals surface area contributed by atoms with E-state index in [1.54, 1.807) is 19.1 Å². The van der Waals surface area contributed by atoms with E-state index in [9.17, 15) is 24.3 Å². The van der Waals surface area contributed by atoms with Gasteiger partial charge in [-0.3, -0.25) is 14.4 Å². The monoisotopic (exact) mass is 409 g/mol. The van der Waals surface area contributed by atoms with Gasteiger partial charge in [0.2, 0.25) is 11.8 Å². The Morgan fingerprint density at radius 1 is 1.00 bits per heavy atom. The Morgan fingerprint density at radius 3 is 2.03 bits per heavy atom. The summed E-state index contributed by atoms with van der Waals surface area (Å²) in [5, 5.41) is 32.0. The van der Waals surface area contributed by atoms with Crippen LogP contribution in [-0.4, -0.2) is 57.2 Å². The molecule has 160 valence electrons. The van der Waals surface area contributed by atoms with Crippen LogP contribution in [0, 0.1) is 5.92 Å². The van der Waals surface area contributed by atoms with Crippen LogP contribution in [-0.2, 0) is 25.6 Å². The summed E-state index contributed by atoms with van der Waals surface area (Å²) in [6.07, 6.45) is -0.180. The molecule has 0 bridgehead atoms. The molecule has 29 heavy (non-hydrogen) atoms. The number of benzene rings is 1. The standard InChI is InChI=1S/C19H27N3O7/c1-3-10(2)16(20)18(27)21-13(8-11-4-6-12(23)7-5-11)17(26)22-14(19(28)29)9-15(24)25/h4-7,10,13-14,16,23H,3,8-9,20H2,1-2H3,(H,21,27)(H,22,26)(H,24,25)(H,28,29)/t10-,13-,14-,16-/m0/s1. The average Bonchev–Trinajstić information content (AvgIpc) is 2.66. The second-order valence-electron chi connectivity index (χ2n) is 6.84. The molecule has 0 saturated heterocycles. The molecule has 2 amide bonds. The summed E-state index contributed by atoms with van der Waals surface area (Å²) in [6.45, 7) is 3.65. The normalized spacial score (nSPS) is 14.9. The van der Waals surface area contributed by atoms with E-state index in [-0.39, 0.29) is 18.1 Å². The zero-order chi connectivity index (χ0) is 22.1. The number of amides is 2. The molecule has 0 unspecified atom stereocenters. The number of hydrogen-bond acceptors (Lipinski definition) is 6. The fourth-order valence-electron chi connectivity index (χ4n) is 2.50. The lowest BCUT2D eigenvalue weighted by molar-refractivity contribution is -0.147. The van der Waals surface area contributed by atoms with Gasteiger partial charge in [-0.15, -0.1) is 0 Å². The molecule has 10 nitrogen and oxygen atoms in total. The summed E-state index contributed by atoms with van der Waals surface area (Å²) in [5.41, 5.74) is 6.49. The van der Waals surface area contributed by atoms with Gasteiger partial charge in [-0.05, 0) is 23.6 Å². The Balaban J connectivity index is 3.02. The van der Waals surface area contributed by atoms with E-state index in [4.69, 9.17) is 15.9 Å². The largest absolute Gasteiger partial charge is 0.508 e. The van der Waals surface area contributed by atoms with E-state index < -0.39 is 48.3 Å². The zero-order valence-electron chi connectivity index (χ0n) is 16.3. The van der Waals surface area contributed by atoms with Crippen LogP contribution in [0.4, 0.5) is 0 Å². The highest BCUT2D eigenvalue weighted by Gasteiger charge is 2.30. The summed E-state index contributed by atoms with van der Waals surface area (Å²) in [7, 11) is 0. The van der Waals surface area contributed by atoms with E-state index in [0.717, 1.165) is 0 Å². The first kappa shape index (κ1) is 23.9. The van der Waals surface area contributed by atoms with Crippen molar-refractivity contribution in [3.8, 4) is 5.75 Å². The van der Waals surface area contributed by atoms with Gasteiger partial charge in [-0.1, -0.05) is 32.4 Å². The molecule has 0 aliphatic carbocycles. The molecule has 1 rings (SSSR count). The Labute approximate surface area is 168 Å². The van der Waals surface area contributed by atoms with Gasteiger partial charge in [0.15, 0.2) is 0 Å². The van der Waals surface area contributed by atoms with Crippen LogP contribution < -0.4 is 16.4 Å². The Hall–Kier alpha value is -3.14. The van der Waals surface area contributed by atoms with Crippen molar-refractivity contribution in [2.75, 3.05) is 0 Å². The molecule has 0 radical (unpaired) electrons. The molecule has 1 aromatic rings. The highest BCUT2D eigenvalue weighted by molar-refractivity contribution is 5.93. The maximum Gasteiger partial charge on any atom is 0.326 e. The lowest BCUT2D eigenvalue weighted by Gasteiger charge is -2.24. The van der Waals surface area contributed by atoms with Gasteiger partial charge in [0.1, 0.15) is 17.8 Å². The summed E-state index contributed by atoms with van der Waals surface area (Å²) in [5.74, 6) is -4.46. The molecule has 0 aromatic heterocycles. The number of carboxylic acid groups (broad SMARTS) is 2. The number of carboxylic acids is 2. The molecule has 0 heterocycles. The minimum atomic E-state index is -1.65. The number of aromatic hydroxyl groups is 1. The third kappa shape index (κ3) is 7.78. The molecule has 0 aliphatic heterocycles. The number of phenolic OH excluding ortho intramolecular Hbond substituents is 1. The van der Waals surface area contributed by atoms with Crippen molar-refractivity contribution >= 4 is 23.8 Å². The van der Waals surface area contributed by atoms with Gasteiger partial charge in [0.05, 0.1) is 12.5 Å². The van der Waals surface area contributed by atoms with Crippen LogP contribution in [0.15, 0.2) is 24.3 Å². The molecule has 0 saturated carbocycles. The number of aliphatic carboxylic acids is 2. The van der Waals surface area contributed by atoms with Gasteiger partial charge in [0, 0.05) is 6.42 Å². The third-order valence-corrected chi connectivity index (χ3v) is 4.56. The lowest BCUT2D eigenvalue weighted by Crippen LogP contribution is -2.56. The van der Waals surface area contributed by atoms with Crippen molar-refractivity contribution in [3.63, 3.8) is 0 Å². The fraction of sp³-hybridized carbons (Fsp3) is 0.474. The first-order valence-corrected chi connectivity index (χ1v) is 9.14.